The highest BCUT2D eigenvalue weighted by Crippen LogP contribution is 2.42. The molecule has 666 valence electrons. The molecule has 5 aliphatic heterocycles. The SMILES string of the molecule is C=C1C[C@H]2CN(C(=O)CCOCCOCCNC(=O)C(Br)C(Br)C(=O)NCCOCCC(=O)N(C)[C@H](C(=O)C[C@H](C(=O)N(C)[C@@H]([C@@H](C)CC)[C@@H](CC(=O)N3CCC[C@H]3[C@H](OC)[C@@H](C)C(=O)C[C@@H](Cc3ccccc3)C(=O)O)OC)C(C)C)C(C)C)c3cc(OCCCCCOc4cc5c(cc4C)C(=O)N4CC(=C)C[C@H]4C=N5)c(OC)cc3C(=O)N2C1. The highest BCUT2D eigenvalue weighted by molar-refractivity contribution is 9.12. The quantitative estimate of drug-likeness (QED) is 0.0269. The third-order valence-corrected chi connectivity index (χ3v) is 26.4. The van der Waals surface area contributed by atoms with Crippen molar-refractivity contribution in [1.82, 2.24) is 35.1 Å². The van der Waals surface area contributed by atoms with Gasteiger partial charge in [-0.05, 0) is 99.3 Å². The summed E-state index contributed by atoms with van der Waals surface area (Å²) in [6.07, 6.45) is 5.36. The van der Waals surface area contributed by atoms with Crippen molar-refractivity contribution in [1.29, 1.82) is 0 Å². The van der Waals surface area contributed by atoms with E-state index in [4.69, 9.17) is 37.9 Å². The number of Topliss-reactive ketones (excluding diaryl/α,β-unsaturated/α-hetero) is 2. The molecule has 29 nitrogen and oxygen atoms in total. The van der Waals surface area contributed by atoms with Gasteiger partial charge in [-0.25, -0.2) is 0 Å². The van der Waals surface area contributed by atoms with Crippen LogP contribution in [0.2, 0.25) is 0 Å². The Bertz CT molecular complexity index is 4150. The second-order valence-corrected chi connectivity index (χ2v) is 35.1. The van der Waals surface area contributed by atoms with E-state index < -0.39 is 75.5 Å². The van der Waals surface area contributed by atoms with Gasteiger partial charge in [-0.3, -0.25) is 57.7 Å². The van der Waals surface area contributed by atoms with Crippen molar-refractivity contribution in [3.8, 4) is 17.2 Å². The predicted molar refractivity (Wildman–Crippen MR) is 466 cm³/mol. The lowest BCUT2D eigenvalue weighted by atomic mass is 9.83. The number of nitrogens with one attached hydrogen (secondary N) is 2. The van der Waals surface area contributed by atoms with Crippen LogP contribution in [-0.2, 0) is 73.3 Å². The molecule has 3 fully saturated rings. The number of benzene rings is 3. The van der Waals surface area contributed by atoms with Gasteiger partial charge in [0.25, 0.3) is 11.8 Å². The lowest BCUT2D eigenvalue weighted by Gasteiger charge is -2.41. The number of aliphatic carboxylic acids is 1. The van der Waals surface area contributed by atoms with Gasteiger partial charge >= 0.3 is 5.97 Å². The number of rotatable bonds is 50. The van der Waals surface area contributed by atoms with Crippen molar-refractivity contribution in [2.24, 2.45) is 40.5 Å². The summed E-state index contributed by atoms with van der Waals surface area (Å²) in [6.45, 7) is 26.3. The number of alkyl halides is 2. The summed E-state index contributed by atoms with van der Waals surface area (Å²) in [5, 5.41) is 15.6. The molecule has 3 aromatic carbocycles. The number of hydrogen-bond acceptors (Lipinski definition) is 20. The minimum Gasteiger partial charge on any atom is -0.493 e. The van der Waals surface area contributed by atoms with E-state index in [0.717, 1.165) is 35.1 Å². The molecule has 5 heterocycles. The summed E-state index contributed by atoms with van der Waals surface area (Å²) in [5.41, 5.74) is 5.45. The predicted octanol–water partition coefficient (Wildman–Crippen LogP) is 10.4. The number of hydrogen-bond donors (Lipinski definition) is 3. The van der Waals surface area contributed by atoms with E-state index in [2.05, 4.69) is 60.6 Å². The first-order valence-corrected chi connectivity index (χ1v) is 44.3. The van der Waals surface area contributed by atoms with Crippen LogP contribution in [0.5, 0.6) is 17.2 Å². The zero-order chi connectivity index (χ0) is 88.5. The van der Waals surface area contributed by atoms with Gasteiger partial charge in [0.15, 0.2) is 17.3 Å². The molecule has 0 bridgehead atoms. The van der Waals surface area contributed by atoms with Gasteiger partial charge in [-0.15, -0.1) is 0 Å². The number of nitrogens with zero attached hydrogens (tertiary/aromatic N) is 7. The van der Waals surface area contributed by atoms with Crippen molar-refractivity contribution in [3.63, 3.8) is 0 Å². The van der Waals surface area contributed by atoms with E-state index >= 15 is 0 Å². The van der Waals surface area contributed by atoms with E-state index in [1.807, 2.05) is 102 Å². The number of amides is 8. The molecule has 0 aliphatic carbocycles. The summed E-state index contributed by atoms with van der Waals surface area (Å²) in [4.78, 5) is 164. The van der Waals surface area contributed by atoms with Gasteiger partial charge in [-0.1, -0.05) is 141 Å². The Labute approximate surface area is 729 Å². The number of ketones is 2. The zero-order valence-corrected chi connectivity index (χ0v) is 75.9. The number of carboxylic acid groups (broad SMARTS) is 1. The van der Waals surface area contributed by atoms with E-state index in [9.17, 15) is 57.8 Å². The molecule has 3 N–H and O–H groups in total. The normalized spacial score (nSPS) is 18.8. The second-order valence-electron chi connectivity index (χ2n) is 33.1. The number of carbonyl (C=O) groups is 11. The van der Waals surface area contributed by atoms with Gasteiger partial charge < -0.3 is 83.0 Å². The van der Waals surface area contributed by atoms with Crippen LogP contribution in [0.3, 0.4) is 0 Å². The largest absolute Gasteiger partial charge is 0.493 e. The van der Waals surface area contributed by atoms with Crippen LogP contribution in [0.1, 0.15) is 164 Å². The number of carboxylic acids is 1. The number of carbonyl (C=O) groups excluding carboxylic acids is 10. The number of anilines is 1. The first-order chi connectivity index (χ1) is 57.7. The van der Waals surface area contributed by atoms with Gasteiger partial charge in [0.1, 0.15) is 21.2 Å². The molecule has 0 spiro atoms. The molecule has 0 saturated carbocycles. The van der Waals surface area contributed by atoms with Crippen molar-refractivity contribution < 1.29 is 95.7 Å². The van der Waals surface area contributed by atoms with Crippen molar-refractivity contribution in [3.05, 3.63) is 101 Å². The Hall–Kier alpha value is -8.46. The molecule has 2 unspecified atom stereocenters. The fraction of sp³-hybridized carbons (Fsp3) is 0.622. The number of fused-ring (bicyclic) bond motifs is 4. The Balaban J connectivity index is 0.710. The molecular formula is C90H127Br2N9O20. The number of unbranched alkanes of at least 4 members (excludes halogenated alkanes) is 2. The second kappa shape index (κ2) is 47.4. The van der Waals surface area contributed by atoms with Crippen LogP contribution >= 0.6 is 31.9 Å². The summed E-state index contributed by atoms with van der Waals surface area (Å²) in [7, 11) is 7.75. The number of likely N-dealkylation sites (tertiary alicyclic amines) is 1. The van der Waals surface area contributed by atoms with Crippen LogP contribution < -0.4 is 29.7 Å². The van der Waals surface area contributed by atoms with Crippen LogP contribution in [0, 0.1) is 42.4 Å². The Morgan fingerprint density at radius 3 is 1.91 bits per heavy atom. The molecule has 31 heteroatoms. The van der Waals surface area contributed by atoms with E-state index in [1.54, 1.807) is 52.8 Å². The van der Waals surface area contributed by atoms with Crippen molar-refractivity contribution in [2.45, 2.75) is 197 Å². The lowest BCUT2D eigenvalue weighted by Crippen LogP contribution is -2.54. The fourth-order valence-corrected chi connectivity index (χ4v) is 17.7. The average molecular weight is 1810 g/mol. The molecule has 0 aromatic heterocycles. The lowest BCUT2D eigenvalue weighted by molar-refractivity contribution is -0.150. The molecular weight excluding hydrogens is 1690 g/mol. The van der Waals surface area contributed by atoms with Gasteiger partial charge in [0, 0.05) is 111 Å². The first kappa shape index (κ1) is 98.0. The Kier molecular flexibility index (Phi) is 38.4. The average Bonchev–Trinajstić information content (AvgIpc) is 1.61. The summed E-state index contributed by atoms with van der Waals surface area (Å²) in [6, 6.07) is 13.9. The highest BCUT2D eigenvalue weighted by Gasteiger charge is 2.46. The fourth-order valence-electron chi connectivity index (χ4n) is 16.9. The minimum absolute atomic E-state index is 0.00486. The van der Waals surface area contributed by atoms with Gasteiger partial charge in [0.2, 0.25) is 35.4 Å². The molecule has 3 aromatic rings. The maximum Gasteiger partial charge on any atom is 0.307 e. The number of likely N-dealkylation sites (N-methyl/N-ethyl adjacent to an activating group) is 2. The molecule has 121 heavy (non-hydrogen) atoms. The first-order valence-electron chi connectivity index (χ1n) is 42.4. The maximum atomic E-state index is 14.9. The third kappa shape index (κ3) is 26.3. The van der Waals surface area contributed by atoms with E-state index in [0.29, 0.717) is 111 Å². The van der Waals surface area contributed by atoms with Gasteiger partial charge in [-0.2, -0.15) is 0 Å². The smallest absolute Gasteiger partial charge is 0.307 e. The molecule has 8 amide bonds. The monoisotopic (exact) mass is 1810 g/mol. The standard InChI is InChI=1S/C90H127Br2N9O20/c1-16-58(8)83(76(115-14)49-79(106)98-31-23-26-69(98)84(116-15)60(10)71(102)44-62(90(112)113)43-61-24-19-17-20-25-61)97(12)87(109)65(54(2)3)45-72(103)82(55(4)5)96(11)77(104)27-34-117-36-29-93-85(107)80(91)81(92)86(108)94-30-37-119-39-38-118-35-28-78(105)101-53-64-41-57(7)52-100(64)89(111)67-46-74(114-13)75(48-70(67)101)121-33-22-18-21-32-120-73-47-68-66(42-59(73)9)88(110)99-51-56(6)40-63(99)50-95-68/h17,19-20,24-25,42,46-48,50,54-55,58,60,62-65,69,76,80-84H,6-7,16,18,21-23,26-41,43-45,49,51-53H2,1-5,8-15H3,(H,93,107)(H,94,108)(H,112,113)/t58-,60-,62+,63-,64-,65-,69-,76+,80?,81?,82-,83-,84+/m0/s1. The Morgan fingerprint density at radius 2 is 1.29 bits per heavy atom. The summed E-state index contributed by atoms with van der Waals surface area (Å²) in [5.74, 6) is -5.81. The number of halogens is 2. The maximum absolute atomic E-state index is 14.9. The molecule has 0 radical (unpaired) electrons. The van der Waals surface area contributed by atoms with E-state index in [-0.39, 0.29) is 175 Å². The van der Waals surface area contributed by atoms with Crippen LogP contribution in [0.25, 0.3) is 0 Å². The summed E-state index contributed by atoms with van der Waals surface area (Å²) < 4.78 is 47.6. The van der Waals surface area contributed by atoms with Crippen molar-refractivity contribution >= 4 is 114 Å². The zero-order valence-electron chi connectivity index (χ0n) is 72.7. The number of ether oxygens (including phenoxy) is 8. The third-order valence-electron chi connectivity index (χ3n) is 23.8. The molecule has 5 aliphatic rings. The van der Waals surface area contributed by atoms with E-state index in [1.165, 1.54) is 26.2 Å². The minimum atomic E-state index is -1.07. The highest BCUT2D eigenvalue weighted by atomic mass is 79.9. The topological polar surface area (TPSA) is 338 Å². The number of aliphatic imine (C=N–C) groups is 1. The van der Waals surface area contributed by atoms with Crippen LogP contribution in [0.15, 0.2) is 83.9 Å². The van der Waals surface area contributed by atoms with Gasteiger partial charge in [0.05, 0.1) is 150 Å². The molecule has 8 rings (SSSR count). The van der Waals surface area contributed by atoms with Crippen LogP contribution in [-0.4, -0.2) is 280 Å². The molecule has 3 saturated heterocycles. The van der Waals surface area contributed by atoms with Crippen LogP contribution in [0.4, 0.5) is 11.4 Å². The summed E-state index contributed by atoms with van der Waals surface area (Å²) >= 11 is 6.64. The Morgan fingerprint density at radius 1 is 0.669 bits per heavy atom. The molecule has 13 atom stereocenters. The number of aryl methyl sites for hydroxylation is 1. The van der Waals surface area contributed by atoms with Crippen molar-refractivity contribution in [2.75, 3.05) is 132 Å². The number of methoxy groups -OCH3 is 3.